The largest absolute Gasteiger partial charge is 0.459 e. The Bertz CT molecular complexity index is 780. The summed E-state index contributed by atoms with van der Waals surface area (Å²) >= 11 is 1.57. The molecule has 1 amide bonds. The highest BCUT2D eigenvalue weighted by molar-refractivity contribution is 7.98. The number of nitro benzene ring substituents is 1. The van der Waals surface area contributed by atoms with E-state index in [4.69, 9.17) is 4.74 Å². The first-order valence-corrected chi connectivity index (χ1v) is 9.65. The smallest absolute Gasteiger partial charge is 0.329 e. The van der Waals surface area contributed by atoms with Crippen molar-refractivity contribution in [3.8, 4) is 0 Å². The van der Waals surface area contributed by atoms with Crippen LogP contribution in [0.1, 0.15) is 22.3 Å². The molecule has 0 saturated carbocycles. The lowest BCUT2D eigenvalue weighted by Crippen LogP contribution is -2.42. The number of esters is 1. The lowest BCUT2D eigenvalue weighted by Gasteiger charge is -2.17. The van der Waals surface area contributed by atoms with Gasteiger partial charge in [-0.25, -0.2) is 4.79 Å². The molecule has 1 atom stereocenters. The molecule has 7 nitrogen and oxygen atoms in total. The first-order valence-electron chi connectivity index (χ1n) is 8.26. The van der Waals surface area contributed by atoms with Gasteiger partial charge < -0.3 is 10.1 Å². The molecule has 0 bridgehead atoms. The molecule has 8 heteroatoms. The van der Waals surface area contributed by atoms with E-state index in [0.29, 0.717) is 23.3 Å². The molecule has 0 aliphatic carbocycles. The van der Waals surface area contributed by atoms with E-state index in [0.717, 1.165) is 0 Å². The third kappa shape index (κ3) is 6.41. The fourth-order valence-electron chi connectivity index (χ4n) is 2.28. The molecular formula is C19H20N2O5S. The van der Waals surface area contributed by atoms with Crippen molar-refractivity contribution in [3.63, 3.8) is 0 Å². The van der Waals surface area contributed by atoms with E-state index in [2.05, 4.69) is 5.32 Å². The minimum atomic E-state index is -0.761. The molecule has 1 unspecified atom stereocenters. The van der Waals surface area contributed by atoms with Crippen molar-refractivity contribution in [2.45, 2.75) is 19.1 Å². The van der Waals surface area contributed by atoms with Crippen LogP contribution in [0.3, 0.4) is 0 Å². The van der Waals surface area contributed by atoms with Crippen LogP contribution in [0.15, 0.2) is 54.6 Å². The minimum absolute atomic E-state index is 0.0200. The summed E-state index contributed by atoms with van der Waals surface area (Å²) in [6.45, 7) is -0.0200. The van der Waals surface area contributed by atoms with Crippen molar-refractivity contribution in [1.82, 2.24) is 5.32 Å². The summed E-state index contributed by atoms with van der Waals surface area (Å²) in [5.41, 5.74) is 1.07. The molecule has 2 aromatic carbocycles. The van der Waals surface area contributed by atoms with Crippen LogP contribution in [-0.2, 0) is 16.1 Å². The average Bonchev–Trinajstić information content (AvgIpc) is 2.70. The number of ether oxygens (including phenoxy) is 1. The fourth-order valence-corrected chi connectivity index (χ4v) is 2.76. The van der Waals surface area contributed by atoms with Gasteiger partial charge in [-0.1, -0.05) is 18.2 Å². The van der Waals surface area contributed by atoms with Gasteiger partial charge in [0.05, 0.1) is 4.92 Å². The van der Waals surface area contributed by atoms with Gasteiger partial charge in [0.2, 0.25) is 0 Å². The van der Waals surface area contributed by atoms with Crippen molar-refractivity contribution in [2.24, 2.45) is 0 Å². The van der Waals surface area contributed by atoms with E-state index in [1.807, 2.05) is 6.26 Å². The number of nitrogens with one attached hydrogen (secondary N) is 1. The van der Waals surface area contributed by atoms with Crippen molar-refractivity contribution < 1.29 is 19.2 Å². The first-order chi connectivity index (χ1) is 13.0. The van der Waals surface area contributed by atoms with Crippen LogP contribution < -0.4 is 5.32 Å². The topological polar surface area (TPSA) is 98.5 Å². The number of non-ortho nitro benzene ring substituents is 1. The molecule has 142 valence electrons. The Kier molecular flexibility index (Phi) is 7.81. The lowest BCUT2D eigenvalue weighted by molar-refractivity contribution is -0.384. The van der Waals surface area contributed by atoms with Gasteiger partial charge in [-0.3, -0.25) is 14.9 Å². The molecule has 0 aliphatic rings. The standard InChI is InChI=1S/C19H20N2O5S/c1-27-12-11-17(20-18(22)15-5-3-2-4-6-15)19(23)26-13-14-7-9-16(10-8-14)21(24)25/h2-10,17H,11-13H2,1H3,(H,20,22). The maximum Gasteiger partial charge on any atom is 0.329 e. The molecule has 0 heterocycles. The minimum Gasteiger partial charge on any atom is -0.459 e. The summed E-state index contributed by atoms with van der Waals surface area (Å²) in [5.74, 6) is -0.188. The highest BCUT2D eigenvalue weighted by Gasteiger charge is 2.22. The molecule has 27 heavy (non-hydrogen) atoms. The maximum absolute atomic E-state index is 12.4. The quantitative estimate of drug-likeness (QED) is 0.402. The number of thioether (sulfide) groups is 1. The van der Waals surface area contributed by atoms with Crippen molar-refractivity contribution in [1.29, 1.82) is 0 Å². The SMILES string of the molecule is CSCCC(NC(=O)c1ccccc1)C(=O)OCc1ccc([N+](=O)[O-])cc1. The van der Waals surface area contributed by atoms with Gasteiger partial charge in [0.1, 0.15) is 12.6 Å². The zero-order valence-corrected chi connectivity index (χ0v) is 15.6. The summed E-state index contributed by atoms with van der Waals surface area (Å²) in [6.07, 6.45) is 2.36. The van der Waals surface area contributed by atoms with Crippen LogP contribution in [0.5, 0.6) is 0 Å². The second-order valence-corrected chi connectivity index (χ2v) is 6.69. The molecule has 1 N–H and O–H groups in total. The predicted octanol–water partition coefficient (Wildman–Crippen LogP) is 3.19. The summed E-state index contributed by atoms with van der Waals surface area (Å²) in [4.78, 5) is 34.9. The van der Waals surface area contributed by atoms with Crippen molar-refractivity contribution in [2.75, 3.05) is 12.0 Å². The number of hydrogen-bond acceptors (Lipinski definition) is 6. The monoisotopic (exact) mass is 388 g/mol. The highest BCUT2D eigenvalue weighted by atomic mass is 32.2. The second-order valence-electron chi connectivity index (χ2n) is 5.70. The van der Waals surface area contributed by atoms with Gasteiger partial charge in [-0.15, -0.1) is 0 Å². The van der Waals surface area contributed by atoms with Crippen LogP contribution in [0.4, 0.5) is 5.69 Å². The van der Waals surface area contributed by atoms with Gasteiger partial charge in [0, 0.05) is 17.7 Å². The van der Waals surface area contributed by atoms with Gasteiger partial charge in [-0.05, 0) is 48.3 Å². The number of carbonyl (C=O) groups is 2. The van der Waals surface area contributed by atoms with Crippen LogP contribution in [-0.4, -0.2) is 34.9 Å². The third-order valence-electron chi connectivity index (χ3n) is 3.76. The maximum atomic E-state index is 12.4. The Labute approximate surface area is 161 Å². The van der Waals surface area contributed by atoms with E-state index in [9.17, 15) is 19.7 Å². The summed E-state index contributed by atoms with van der Waals surface area (Å²) in [5, 5.41) is 13.4. The number of benzene rings is 2. The molecule has 2 aromatic rings. The van der Waals surface area contributed by atoms with E-state index in [1.165, 1.54) is 24.3 Å². The molecule has 0 aliphatic heterocycles. The zero-order chi connectivity index (χ0) is 19.6. The Morgan fingerprint density at radius 2 is 1.81 bits per heavy atom. The van der Waals surface area contributed by atoms with E-state index < -0.39 is 16.9 Å². The molecule has 0 spiro atoms. The fraction of sp³-hybridized carbons (Fsp3) is 0.263. The van der Waals surface area contributed by atoms with E-state index in [1.54, 1.807) is 42.1 Å². The summed E-state index contributed by atoms with van der Waals surface area (Å²) in [6, 6.07) is 13.7. The van der Waals surface area contributed by atoms with Crippen LogP contribution in [0.2, 0.25) is 0 Å². The molecule has 0 aromatic heterocycles. The van der Waals surface area contributed by atoms with Crippen LogP contribution >= 0.6 is 11.8 Å². The average molecular weight is 388 g/mol. The number of rotatable bonds is 9. The predicted molar refractivity (Wildman–Crippen MR) is 104 cm³/mol. The zero-order valence-electron chi connectivity index (χ0n) is 14.8. The van der Waals surface area contributed by atoms with Crippen LogP contribution in [0, 0.1) is 10.1 Å². The second kappa shape index (κ2) is 10.3. The van der Waals surface area contributed by atoms with Crippen molar-refractivity contribution in [3.05, 3.63) is 75.8 Å². The molecule has 0 radical (unpaired) electrons. The Balaban J connectivity index is 1.97. The Morgan fingerprint density at radius 1 is 1.15 bits per heavy atom. The Hall–Kier alpha value is -2.87. The number of amides is 1. The molecule has 2 rings (SSSR count). The summed E-state index contributed by atoms with van der Waals surface area (Å²) < 4.78 is 5.29. The van der Waals surface area contributed by atoms with E-state index in [-0.39, 0.29) is 18.2 Å². The normalized spacial score (nSPS) is 11.4. The summed E-state index contributed by atoms with van der Waals surface area (Å²) in [7, 11) is 0. The highest BCUT2D eigenvalue weighted by Crippen LogP contribution is 2.13. The lowest BCUT2D eigenvalue weighted by atomic mass is 10.1. The number of nitro groups is 1. The molecule has 0 saturated heterocycles. The first kappa shape index (κ1) is 20.4. The number of hydrogen-bond donors (Lipinski definition) is 1. The van der Waals surface area contributed by atoms with Gasteiger partial charge >= 0.3 is 5.97 Å². The Morgan fingerprint density at radius 3 is 2.41 bits per heavy atom. The van der Waals surface area contributed by atoms with Crippen LogP contribution in [0.25, 0.3) is 0 Å². The third-order valence-corrected chi connectivity index (χ3v) is 4.41. The van der Waals surface area contributed by atoms with Gasteiger partial charge in [-0.2, -0.15) is 11.8 Å². The molecular weight excluding hydrogens is 368 g/mol. The van der Waals surface area contributed by atoms with E-state index >= 15 is 0 Å². The van der Waals surface area contributed by atoms with Gasteiger partial charge in [0.15, 0.2) is 0 Å². The number of carbonyl (C=O) groups excluding carboxylic acids is 2. The number of nitrogens with zero attached hydrogens (tertiary/aromatic N) is 1. The van der Waals surface area contributed by atoms with Gasteiger partial charge in [0.25, 0.3) is 11.6 Å². The van der Waals surface area contributed by atoms with Crippen molar-refractivity contribution >= 4 is 29.3 Å². The molecule has 0 fully saturated rings.